The molecule has 38 heavy (non-hydrogen) atoms. The summed E-state index contributed by atoms with van der Waals surface area (Å²) < 4.78 is 41.4. The van der Waals surface area contributed by atoms with Crippen molar-refractivity contribution in [3.8, 4) is 28.4 Å². The summed E-state index contributed by atoms with van der Waals surface area (Å²) in [6, 6.07) is 22.8. The second-order valence-corrected chi connectivity index (χ2v) is 12.0. The van der Waals surface area contributed by atoms with E-state index < -0.39 is 21.5 Å². The average molecular weight is 540 g/mol. The summed E-state index contributed by atoms with van der Waals surface area (Å²) in [5, 5.41) is 9.78. The van der Waals surface area contributed by atoms with E-state index in [2.05, 4.69) is 0 Å². The van der Waals surface area contributed by atoms with E-state index in [1.54, 1.807) is 23.1 Å². The zero-order valence-electron chi connectivity index (χ0n) is 21.8. The summed E-state index contributed by atoms with van der Waals surface area (Å²) in [5.41, 5.74) is 1.51. The van der Waals surface area contributed by atoms with Gasteiger partial charge in [-0.3, -0.25) is 4.79 Å². The van der Waals surface area contributed by atoms with Crippen molar-refractivity contribution in [2.45, 2.75) is 32.0 Å². The van der Waals surface area contributed by atoms with E-state index in [-0.39, 0.29) is 24.0 Å². The minimum atomic E-state index is -3.49. The van der Waals surface area contributed by atoms with Gasteiger partial charge in [-0.1, -0.05) is 42.5 Å². The quantitative estimate of drug-likeness (QED) is 0.391. The van der Waals surface area contributed by atoms with Gasteiger partial charge in [0.2, 0.25) is 0 Å². The van der Waals surface area contributed by atoms with Crippen LogP contribution in [0.1, 0.15) is 20.3 Å². The highest BCUT2D eigenvalue weighted by Gasteiger charge is 2.34. The first-order valence-corrected chi connectivity index (χ1v) is 14.2. The molecule has 0 aromatic heterocycles. The standard InChI is InChI=1S/C29H33NO7S/c1-29(2,32)20-38(33,34)18-17-36-25-14-11-23(19-27(25)35-3)30-16-15-26(28(30)31)37-24-12-9-22(10-13-24)21-7-5-4-6-8-21/h4-14,19,26,32H,15-18,20H2,1-3H3. The van der Waals surface area contributed by atoms with E-state index in [4.69, 9.17) is 14.2 Å². The van der Waals surface area contributed by atoms with E-state index in [0.29, 0.717) is 35.9 Å². The Bertz CT molecular complexity index is 1350. The Balaban J connectivity index is 1.37. The van der Waals surface area contributed by atoms with Crippen LogP contribution in [0.4, 0.5) is 5.69 Å². The molecule has 1 aliphatic heterocycles. The summed E-state index contributed by atoms with van der Waals surface area (Å²) in [5.74, 6) is 0.648. The van der Waals surface area contributed by atoms with Crippen LogP contribution in [-0.2, 0) is 14.6 Å². The highest BCUT2D eigenvalue weighted by atomic mass is 32.2. The second kappa shape index (κ2) is 11.4. The van der Waals surface area contributed by atoms with Crippen molar-refractivity contribution >= 4 is 21.4 Å². The molecule has 1 unspecified atom stereocenters. The molecule has 1 saturated heterocycles. The molecule has 0 bridgehead atoms. The lowest BCUT2D eigenvalue weighted by Gasteiger charge is -2.20. The smallest absolute Gasteiger partial charge is 0.268 e. The topological polar surface area (TPSA) is 102 Å². The first-order valence-electron chi connectivity index (χ1n) is 12.4. The second-order valence-electron chi connectivity index (χ2n) is 9.86. The number of carbonyl (C=O) groups excluding carboxylic acids is 1. The first-order chi connectivity index (χ1) is 18.0. The van der Waals surface area contributed by atoms with Crippen molar-refractivity contribution in [2.75, 3.05) is 36.7 Å². The van der Waals surface area contributed by atoms with Gasteiger partial charge in [0, 0.05) is 24.7 Å². The van der Waals surface area contributed by atoms with Crippen LogP contribution in [0.3, 0.4) is 0 Å². The minimum absolute atomic E-state index is 0.0876. The molecular formula is C29H33NO7S. The number of methoxy groups -OCH3 is 1. The lowest BCUT2D eigenvalue weighted by molar-refractivity contribution is -0.122. The molecule has 3 aromatic carbocycles. The fourth-order valence-corrected chi connectivity index (χ4v) is 5.93. The summed E-state index contributed by atoms with van der Waals surface area (Å²) in [6.45, 7) is 3.30. The zero-order valence-corrected chi connectivity index (χ0v) is 22.6. The number of sulfone groups is 1. The molecule has 0 radical (unpaired) electrons. The lowest BCUT2D eigenvalue weighted by atomic mass is 10.1. The highest BCUT2D eigenvalue weighted by Crippen LogP contribution is 2.34. The maximum Gasteiger partial charge on any atom is 0.268 e. The van der Waals surface area contributed by atoms with Crippen LogP contribution in [0.5, 0.6) is 17.2 Å². The van der Waals surface area contributed by atoms with Gasteiger partial charge in [0.05, 0.1) is 24.2 Å². The fourth-order valence-electron chi connectivity index (χ4n) is 4.37. The van der Waals surface area contributed by atoms with Gasteiger partial charge in [0.15, 0.2) is 27.4 Å². The Morgan fingerprint density at radius 1 is 0.974 bits per heavy atom. The van der Waals surface area contributed by atoms with Crippen LogP contribution in [0.15, 0.2) is 72.8 Å². The van der Waals surface area contributed by atoms with Gasteiger partial charge >= 0.3 is 0 Å². The Morgan fingerprint density at radius 3 is 2.32 bits per heavy atom. The van der Waals surface area contributed by atoms with E-state index in [1.807, 2.05) is 54.6 Å². The van der Waals surface area contributed by atoms with Crippen molar-refractivity contribution in [2.24, 2.45) is 0 Å². The third-order valence-corrected chi connectivity index (χ3v) is 8.02. The number of nitrogens with zero attached hydrogens (tertiary/aromatic N) is 1. The van der Waals surface area contributed by atoms with Gasteiger partial charge in [-0.05, 0) is 49.2 Å². The Labute approximate surface area is 223 Å². The SMILES string of the molecule is COc1cc(N2CCC(Oc3ccc(-c4ccccc4)cc3)C2=O)ccc1OCCS(=O)(=O)CC(C)(C)O. The van der Waals surface area contributed by atoms with Crippen LogP contribution >= 0.6 is 0 Å². The minimum Gasteiger partial charge on any atom is -0.493 e. The molecule has 1 aliphatic rings. The molecule has 1 atom stereocenters. The molecule has 0 saturated carbocycles. The predicted octanol–water partition coefficient (Wildman–Crippen LogP) is 4.11. The van der Waals surface area contributed by atoms with E-state index >= 15 is 0 Å². The molecule has 1 N–H and O–H groups in total. The number of aliphatic hydroxyl groups is 1. The molecule has 0 aliphatic carbocycles. The monoisotopic (exact) mass is 539 g/mol. The molecule has 8 nitrogen and oxygen atoms in total. The number of carbonyl (C=O) groups is 1. The van der Waals surface area contributed by atoms with Crippen LogP contribution in [-0.4, -0.2) is 62.9 Å². The van der Waals surface area contributed by atoms with Gasteiger partial charge < -0.3 is 24.2 Å². The largest absolute Gasteiger partial charge is 0.493 e. The van der Waals surface area contributed by atoms with E-state index in [1.165, 1.54) is 21.0 Å². The number of benzene rings is 3. The van der Waals surface area contributed by atoms with Gasteiger partial charge in [-0.2, -0.15) is 0 Å². The van der Waals surface area contributed by atoms with E-state index in [9.17, 15) is 18.3 Å². The molecule has 4 rings (SSSR count). The van der Waals surface area contributed by atoms with Gasteiger partial charge in [0.25, 0.3) is 5.91 Å². The highest BCUT2D eigenvalue weighted by molar-refractivity contribution is 7.91. The van der Waals surface area contributed by atoms with Crippen LogP contribution in [0.2, 0.25) is 0 Å². The summed E-state index contributed by atoms with van der Waals surface area (Å²) in [7, 11) is -2.01. The Kier molecular flexibility index (Phi) is 8.28. The number of rotatable bonds is 11. The Hall–Kier alpha value is -3.56. The molecule has 1 fully saturated rings. The molecule has 0 spiro atoms. The van der Waals surface area contributed by atoms with Crippen molar-refractivity contribution in [1.82, 2.24) is 0 Å². The zero-order chi connectivity index (χ0) is 27.3. The van der Waals surface area contributed by atoms with Crippen LogP contribution in [0.25, 0.3) is 11.1 Å². The molecule has 9 heteroatoms. The number of hydrogen-bond acceptors (Lipinski definition) is 7. The first kappa shape index (κ1) is 27.5. The molecule has 1 heterocycles. The van der Waals surface area contributed by atoms with Crippen molar-refractivity contribution in [3.05, 3.63) is 72.8 Å². The fraction of sp³-hybridized carbons (Fsp3) is 0.345. The molecule has 3 aromatic rings. The van der Waals surface area contributed by atoms with Crippen LogP contribution < -0.4 is 19.1 Å². The maximum absolute atomic E-state index is 13.1. The third kappa shape index (κ3) is 7.05. The predicted molar refractivity (Wildman–Crippen MR) is 147 cm³/mol. The molecule has 202 valence electrons. The number of ether oxygens (including phenoxy) is 3. The molecular weight excluding hydrogens is 506 g/mol. The van der Waals surface area contributed by atoms with Gasteiger partial charge in [0.1, 0.15) is 12.4 Å². The summed E-state index contributed by atoms with van der Waals surface area (Å²) in [6.07, 6.45) is -0.0562. The number of amides is 1. The summed E-state index contributed by atoms with van der Waals surface area (Å²) >= 11 is 0. The summed E-state index contributed by atoms with van der Waals surface area (Å²) in [4.78, 5) is 14.8. The van der Waals surface area contributed by atoms with E-state index in [0.717, 1.165) is 11.1 Å². The normalized spacial score (nSPS) is 15.9. The number of hydrogen-bond donors (Lipinski definition) is 1. The van der Waals surface area contributed by atoms with Gasteiger partial charge in [-0.25, -0.2) is 8.42 Å². The van der Waals surface area contributed by atoms with Gasteiger partial charge in [-0.15, -0.1) is 0 Å². The average Bonchev–Trinajstić information content (AvgIpc) is 3.23. The van der Waals surface area contributed by atoms with Crippen LogP contribution in [0, 0.1) is 0 Å². The molecule has 1 amide bonds. The maximum atomic E-state index is 13.1. The number of anilines is 1. The Morgan fingerprint density at radius 2 is 1.66 bits per heavy atom. The van der Waals surface area contributed by atoms with Crippen molar-refractivity contribution in [3.63, 3.8) is 0 Å². The van der Waals surface area contributed by atoms with Crippen molar-refractivity contribution < 1.29 is 32.5 Å². The third-order valence-electron chi connectivity index (χ3n) is 6.08. The lowest BCUT2D eigenvalue weighted by Crippen LogP contribution is -2.32. The van der Waals surface area contributed by atoms with Crippen molar-refractivity contribution in [1.29, 1.82) is 0 Å².